The Kier molecular flexibility index (Phi) is 4.80. The van der Waals surface area contributed by atoms with E-state index in [-0.39, 0.29) is 0 Å². The fourth-order valence-corrected chi connectivity index (χ4v) is 3.64. The van der Waals surface area contributed by atoms with Gasteiger partial charge in [0.05, 0.1) is 6.54 Å². The summed E-state index contributed by atoms with van der Waals surface area (Å²) in [5.74, 6) is 2.51. The lowest BCUT2D eigenvalue weighted by Gasteiger charge is -2.24. The molecular formula is C17H27N5O2. The Hall–Kier alpha value is -1.47. The van der Waals surface area contributed by atoms with Crippen LogP contribution in [0.25, 0.3) is 0 Å². The standard InChI is InChI=1S/C17H27N5O2/c23-16-3-1-8-22(16)12-11-20-6-2-7-21(10-9-20)13-15-18-17(24-19-15)14-4-5-14/h14H,1-13H2. The van der Waals surface area contributed by atoms with E-state index in [2.05, 4.69) is 19.9 Å². The van der Waals surface area contributed by atoms with Crippen molar-refractivity contribution in [1.29, 1.82) is 0 Å². The third-order valence-electron chi connectivity index (χ3n) is 5.31. The van der Waals surface area contributed by atoms with Crippen LogP contribution in [0, 0.1) is 0 Å². The molecule has 1 aliphatic carbocycles. The Bertz CT molecular complexity index is 571. The molecule has 7 nitrogen and oxygen atoms in total. The first-order valence-corrected chi connectivity index (χ1v) is 9.33. The number of aromatic nitrogens is 2. The van der Waals surface area contributed by atoms with Crippen molar-refractivity contribution in [3.8, 4) is 0 Å². The first kappa shape index (κ1) is 16.0. The molecule has 0 unspecified atom stereocenters. The van der Waals surface area contributed by atoms with Gasteiger partial charge in [0.1, 0.15) is 0 Å². The lowest BCUT2D eigenvalue weighted by molar-refractivity contribution is -0.127. The van der Waals surface area contributed by atoms with Gasteiger partial charge in [0.2, 0.25) is 11.8 Å². The number of carbonyl (C=O) groups excluding carboxylic acids is 1. The van der Waals surface area contributed by atoms with Gasteiger partial charge in [-0.25, -0.2) is 0 Å². The molecule has 0 atom stereocenters. The normalized spacial score (nSPS) is 23.8. The summed E-state index contributed by atoms with van der Waals surface area (Å²) in [7, 11) is 0. The van der Waals surface area contributed by atoms with Crippen LogP contribution in [-0.2, 0) is 11.3 Å². The number of carbonyl (C=O) groups is 1. The molecule has 0 bridgehead atoms. The van der Waals surface area contributed by atoms with Gasteiger partial charge in [0, 0.05) is 45.1 Å². The molecule has 0 aromatic carbocycles. The summed E-state index contributed by atoms with van der Waals surface area (Å²) in [4.78, 5) is 23.2. The molecule has 3 aliphatic rings. The van der Waals surface area contributed by atoms with Crippen LogP contribution in [0.15, 0.2) is 4.52 Å². The number of hydrogen-bond donors (Lipinski definition) is 0. The average Bonchev–Trinajstić information content (AvgIpc) is 3.26. The summed E-state index contributed by atoms with van der Waals surface area (Å²) >= 11 is 0. The number of rotatable bonds is 6. The highest BCUT2D eigenvalue weighted by Crippen LogP contribution is 2.38. The molecule has 7 heteroatoms. The first-order chi connectivity index (χ1) is 11.8. The van der Waals surface area contributed by atoms with Gasteiger partial charge in [0.25, 0.3) is 0 Å². The van der Waals surface area contributed by atoms with Crippen LogP contribution in [0.5, 0.6) is 0 Å². The monoisotopic (exact) mass is 333 g/mol. The second kappa shape index (κ2) is 7.19. The minimum atomic E-state index is 0.329. The number of nitrogens with zero attached hydrogens (tertiary/aromatic N) is 5. The second-order valence-electron chi connectivity index (χ2n) is 7.28. The number of hydrogen-bond acceptors (Lipinski definition) is 6. The molecule has 3 heterocycles. The van der Waals surface area contributed by atoms with Gasteiger partial charge in [-0.15, -0.1) is 0 Å². The summed E-state index contributed by atoms with van der Waals surface area (Å²) in [6.45, 7) is 7.87. The molecular weight excluding hydrogens is 306 g/mol. The fourth-order valence-electron chi connectivity index (χ4n) is 3.64. The largest absolute Gasteiger partial charge is 0.341 e. The van der Waals surface area contributed by atoms with Crippen molar-refractivity contribution in [3.05, 3.63) is 11.7 Å². The maximum Gasteiger partial charge on any atom is 0.229 e. The molecule has 24 heavy (non-hydrogen) atoms. The molecule has 1 aromatic heterocycles. The summed E-state index contributed by atoms with van der Waals surface area (Å²) in [6.07, 6.45) is 5.31. The third kappa shape index (κ3) is 3.95. The minimum absolute atomic E-state index is 0.329. The lowest BCUT2D eigenvalue weighted by atomic mass is 10.3. The topological polar surface area (TPSA) is 65.7 Å². The molecule has 1 aromatic rings. The van der Waals surface area contributed by atoms with Gasteiger partial charge < -0.3 is 14.3 Å². The van der Waals surface area contributed by atoms with Crippen molar-refractivity contribution in [1.82, 2.24) is 24.8 Å². The highest BCUT2D eigenvalue weighted by Gasteiger charge is 2.30. The van der Waals surface area contributed by atoms with E-state index < -0.39 is 0 Å². The van der Waals surface area contributed by atoms with Crippen LogP contribution in [0.1, 0.15) is 49.7 Å². The highest BCUT2D eigenvalue weighted by atomic mass is 16.5. The fraction of sp³-hybridized carbons (Fsp3) is 0.824. The van der Waals surface area contributed by atoms with Crippen molar-refractivity contribution in [2.24, 2.45) is 0 Å². The summed E-state index contributed by atoms with van der Waals surface area (Å²) < 4.78 is 5.35. The lowest BCUT2D eigenvalue weighted by Crippen LogP contribution is -2.37. The Balaban J connectivity index is 1.22. The van der Waals surface area contributed by atoms with E-state index in [1.165, 1.54) is 12.8 Å². The van der Waals surface area contributed by atoms with Crippen LogP contribution in [-0.4, -0.2) is 76.6 Å². The van der Waals surface area contributed by atoms with E-state index in [4.69, 9.17) is 4.52 Å². The maximum absolute atomic E-state index is 11.7. The van der Waals surface area contributed by atoms with Gasteiger partial charge in [-0.2, -0.15) is 4.98 Å². The van der Waals surface area contributed by atoms with Crippen LogP contribution in [0.2, 0.25) is 0 Å². The van der Waals surface area contributed by atoms with Crippen LogP contribution < -0.4 is 0 Å². The summed E-state index contributed by atoms with van der Waals surface area (Å²) in [6, 6.07) is 0. The Morgan fingerprint density at radius 3 is 2.62 bits per heavy atom. The van der Waals surface area contributed by atoms with Gasteiger partial charge in [-0.3, -0.25) is 9.69 Å². The number of likely N-dealkylation sites (tertiary alicyclic amines) is 1. The van der Waals surface area contributed by atoms with Crippen molar-refractivity contribution >= 4 is 5.91 Å². The zero-order chi connectivity index (χ0) is 16.4. The van der Waals surface area contributed by atoms with Crippen molar-refractivity contribution in [2.75, 3.05) is 45.8 Å². The third-order valence-corrected chi connectivity index (χ3v) is 5.31. The molecule has 3 fully saturated rings. The Labute approximate surface area is 143 Å². The second-order valence-corrected chi connectivity index (χ2v) is 7.28. The highest BCUT2D eigenvalue weighted by molar-refractivity contribution is 5.78. The van der Waals surface area contributed by atoms with E-state index in [1.54, 1.807) is 0 Å². The van der Waals surface area contributed by atoms with Gasteiger partial charge in [0.15, 0.2) is 5.82 Å². The Morgan fingerprint density at radius 2 is 1.83 bits per heavy atom. The number of amides is 1. The van der Waals surface area contributed by atoms with Crippen molar-refractivity contribution in [3.63, 3.8) is 0 Å². The van der Waals surface area contributed by atoms with Crippen LogP contribution in [0.3, 0.4) is 0 Å². The predicted octanol–water partition coefficient (Wildman–Crippen LogP) is 1.08. The molecule has 1 amide bonds. The van der Waals surface area contributed by atoms with Gasteiger partial charge in [-0.05, 0) is 38.8 Å². The van der Waals surface area contributed by atoms with Crippen LogP contribution in [0.4, 0.5) is 0 Å². The average molecular weight is 333 g/mol. The summed E-state index contributed by atoms with van der Waals surface area (Å²) in [5.41, 5.74) is 0. The molecule has 2 aliphatic heterocycles. The zero-order valence-electron chi connectivity index (χ0n) is 14.3. The predicted molar refractivity (Wildman–Crippen MR) is 88.4 cm³/mol. The SMILES string of the molecule is O=C1CCCN1CCN1CCCN(Cc2noc(C3CC3)n2)CC1. The van der Waals surface area contributed by atoms with E-state index in [0.29, 0.717) is 11.8 Å². The molecule has 4 rings (SSSR count). The quantitative estimate of drug-likeness (QED) is 0.776. The van der Waals surface area contributed by atoms with E-state index in [9.17, 15) is 4.79 Å². The van der Waals surface area contributed by atoms with Crippen molar-refractivity contribution < 1.29 is 9.32 Å². The van der Waals surface area contributed by atoms with Gasteiger partial charge in [-0.1, -0.05) is 5.16 Å². The molecule has 1 saturated carbocycles. The first-order valence-electron chi connectivity index (χ1n) is 9.33. The van der Waals surface area contributed by atoms with E-state index in [1.807, 2.05) is 4.90 Å². The molecule has 2 saturated heterocycles. The maximum atomic E-state index is 11.7. The van der Waals surface area contributed by atoms with E-state index >= 15 is 0 Å². The summed E-state index contributed by atoms with van der Waals surface area (Å²) in [5, 5.41) is 4.13. The smallest absolute Gasteiger partial charge is 0.229 e. The minimum Gasteiger partial charge on any atom is -0.341 e. The van der Waals surface area contributed by atoms with Crippen molar-refractivity contribution in [2.45, 2.75) is 44.6 Å². The van der Waals surface area contributed by atoms with Gasteiger partial charge >= 0.3 is 0 Å². The molecule has 0 N–H and O–H groups in total. The molecule has 0 spiro atoms. The molecule has 0 radical (unpaired) electrons. The molecule has 132 valence electrons. The zero-order valence-corrected chi connectivity index (χ0v) is 14.3. The van der Waals surface area contributed by atoms with Crippen LogP contribution >= 0.6 is 0 Å². The van der Waals surface area contributed by atoms with E-state index in [0.717, 1.165) is 83.3 Å². The Morgan fingerprint density at radius 1 is 1.00 bits per heavy atom.